The van der Waals surface area contributed by atoms with E-state index in [-0.39, 0.29) is 5.75 Å². The molecule has 0 atom stereocenters. The van der Waals surface area contributed by atoms with Crippen LogP contribution in [0.5, 0.6) is 5.75 Å². The summed E-state index contributed by atoms with van der Waals surface area (Å²) in [6.07, 6.45) is 0. The molecule has 0 aliphatic carbocycles. The van der Waals surface area contributed by atoms with Gasteiger partial charge in [0, 0.05) is 4.70 Å². The molecule has 1 N–H and O–H groups in total. The minimum absolute atomic E-state index is 0.271. The summed E-state index contributed by atoms with van der Waals surface area (Å²) in [6, 6.07) is 3.73. The second-order valence-electron chi connectivity index (χ2n) is 2.36. The molecule has 1 heterocycles. The van der Waals surface area contributed by atoms with E-state index < -0.39 is 0 Å². The number of halogens is 2. The molecule has 1 aromatic carbocycles. The highest BCUT2D eigenvalue weighted by atomic mass is 79.9. The molecule has 0 saturated carbocycles. The summed E-state index contributed by atoms with van der Waals surface area (Å²) < 4.78 is 2.80. The molecule has 12 heavy (non-hydrogen) atoms. The van der Waals surface area contributed by atoms with E-state index >= 15 is 0 Å². The maximum atomic E-state index is 9.44. The highest BCUT2D eigenvalue weighted by molar-refractivity contribution is 9.13. The summed E-state index contributed by atoms with van der Waals surface area (Å²) in [6.45, 7) is 0. The molecule has 0 saturated heterocycles. The van der Waals surface area contributed by atoms with Gasteiger partial charge in [-0.15, -0.1) is 11.3 Å². The highest BCUT2D eigenvalue weighted by Gasteiger charge is 2.08. The molecule has 0 aliphatic rings. The van der Waals surface area contributed by atoms with Gasteiger partial charge in [-0.3, -0.25) is 0 Å². The van der Waals surface area contributed by atoms with Gasteiger partial charge in [0.1, 0.15) is 5.75 Å². The zero-order valence-electron chi connectivity index (χ0n) is 5.84. The first-order valence-corrected chi connectivity index (χ1v) is 5.71. The lowest BCUT2D eigenvalue weighted by Gasteiger charge is -2.00. The second kappa shape index (κ2) is 3.01. The first kappa shape index (κ1) is 8.53. The lowest BCUT2D eigenvalue weighted by molar-refractivity contribution is 0.472. The van der Waals surface area contributed by atoms with Gasteiger partial charge in [-0.2, -0.15) is 0 Å². The fourth-order valence-electron chi connectivity index (χ4n) is 1.03. The predicted molar refractivity (Wildman–Crippen MR) is 58.9 cm³/mol. The summed E-state index contributed by atoms with van der Waals surface area (Å²) in [7, 11) is 0. The average molecular weight is 308 g/mol. The van der Waals surface area contributed by atoms with Crippen LogP contribution in [0.1, 0.15) is 0 Å². The molecule has 1 nitrogen and oxygen atoms in total. The molecule has 1 aromatic heterocycles. The number of hydrogen-bond donors (Lipinski definition) is 1. The summed E-state index contributed by atoms with van der Waals surface area (Å²) >= 11 is 8.36. The van der Waals surface area contributed by atoms with Gasteiger partial charge >= 0.3 is 0 Å². The number of rotatable bonds is 0. The van der Waals surface area contributed by atoms with E-state index in [1.54, 1.807) is 17.4 Å². The lowest BCUT2D eigenvalue weighted by Crippen LogP contribution is -1.72. The van der Waals surface area contributed by atoms with E-state index in [1.807, 2.05) is 11.4 Å². The maximum Gasteiger partial charge on any atom is 0.131 e. The SMILES string of the molecule is Oc1cc2ccsc2c(Br)c1Br. The molecule has 2 aromatic rings. The number of benzene rings is 1. The Balaban J connectivity index is 2.94. The van der Waals surface area contributed by atoms with E-state index in [0.717, 1.165) is 19.0 Å². The van der Waals surface area contributed by atoms with Crippen molar-refractivity contribution in [2.45, 2.75) is 0 Å². The Bertz CT molecular complexity index is 436. The Labute approximate surface area is 90.3 Å². The molecule has 0 bridgehead atoms. The van der Waals surface area contributed by atoms with Crippen LogP contribution in [0.15, 0.2) is 26.5 Å². The Morgan fingerprint density at radius 2 is 2.00 bits per heavy atom. The molecular formula is C8H4Br2OS. The van der Waals surface area contributed by atoms with Crippen LogP contribution in [0.3, 0.4) is 0 Å². The molecule has 4 heteroatoms. The smallest absolute Gasteiger partial charge is 0.131 e. The molecular weight excluding hydrogens is 304 g/mol. The molecule has 0 radical (unpaired) electrons. The van der Waals surface area contributed by atoms with Gasteiger partial charge in [0.15, 0.2) is 0 Å². The van der Waals surface area contributed by atoms with Crippen molar-refractivity contribution in [1.82, 2.24) is 0 Å². The van der Waals surface area contributed by atoms with Gasteiger partial charge in [0.05, 0.1) is 8.95 Å². The topological polar surface area (TPSA) is 20.2 Å². The number of hydrogen-bond acceptors (Lipinski definition) is 2. The third-order valence-corrected chi connectivity index (χ3v) is 4.94. The Morgan fingerprint density at radius 3 is 2.75 bits per heavy atom. The van der Waals surface area contributed by atoms with Crippen LogP contribution in [0, 0.1) is 0 Å². The van der Waals surface area contributed by atoms with Crippen LogP contribution in [0.4, 0.5) is 0 Å². The third kappa shape index (κ3) is 1.18. The molecule has 0 fully saturated rings. The Morgan fingerprint density at radius 1 is 1.25 bits per heavy atom. The van der Waals surface area contributed by atoms with Crippen LogP contribution in [-0.2, 0) is 0 Å². The number of fused-ring (bicyclic) bond motifs is 1. The molecule has 0 spiro atoms. The predicted octanol–water partition coefficient (Wildman–Crippen LogP) is 4.13. The first-order valence-electron chi connectivity index (χ1n) is 3.24. The lowest BCUT2D eigenvalue weighted by atomic mass is 10.2. The molecule has 0 amide bonds. The van der Waals surface area contributed by atoms with Crippen molar-refractivity contribution < 1.29 is 5.11 Å². The van der Waals surface area contributed by atoms with Crippen molar-refractivity contribution >= 4 is 53.3 Å². The van der Waals surface area contributed by atoms with Gasteiger partial charge in [0.2, 0.25) is 0 Å². The minimum Gasteiger partial charge on any atom is -0.507 e. The average Bonchev–Trinajstić information content (AvgIpc) is 2.48. The number of thiophene rings is 1. The van der Waals surface area contributed by atoms with E-state index in [2.05, 4.69) is 31.9 Å². The van der Waals surface area contributed by atoms with E-state index in [1.165, 1.54) is 0 Å². The van der Waals surface area contributed by atoms with Gasteiger partial charge in [-0.05, 0) is 54.8 Å². The van der Waals surface area contributed by atoms with Crippen LogP contribution < -0.4 is 0 Å². The highest BCUT2D eigenvalue weighted by Crippen LogP contribution is 2.40. The molecule has 0 unspecified atom stereocenters. The monoisotopic (exact) mass is 306 g/mol. The van der Waals surface area contributed by atoms with E-state index in [0.29, 0.717) is 0 Å². The Kier molecular flexibility index (Phi) is 2.14. The van der Waals surface area contributed by atoms with E-state index in [9.17, 15) is 5.11 Å². The second-order valence-corrected chi connectivity index (χ2v) is 4.86. The summed E-state index contributed by atoms with van der Waals surface area (Å²) in [5, 5.41) is 12.5. The maximum absolute atomic E-state index is 9.44. The van der Waals surface area contributed by atoms with Crippen LogP contribution >= 0.6 is 43.2 Å². The normalized spacial score (nSPS) is 10.8. The van der Waals surface area contributed by atoms with Crippen molar-refractivity contribution in [1.29, 1.82) is 0 Å². The fourth-order valence-corrected chi connectivity index (χ4v) is 3.01. The molecule has 62 valence electrons. The molecule has 0 aliphatic heterocycles. The largest absolute Gasteiger partial charge is 0.507 e. The molecule has 2 rings (SSSR count). The zero-order chi connectivity index (χ0) is 8.72. The summed E-state index contributed by atoms with van der Waals surface area (Å²) in [5.74, 6) is 0.271. The zero-order valence-corrected chi connectivity index (χ0v) is 9.83. The van der Waals surface area contributed by atoms with Crippen LogP contribution in [-0.4, -0.2) is 5.11 Å². The summed E-state index contributed by atoms with van der Waals surface area (Å²) in [5.41, 5.74) is 0. The van der Waals surface area contributed by atoms with Gasteiger partial charge in [-0.1, -0.05) is 0 Å². The first-order chi connectivity index (χ1) is 5.70. The summed E-state index contributed by atoms with van der Waals surface area (Å²) in [4.78, 5) is 0. The van der Waals surface area contributed by atoms with Crippen LogP contribution in [0.25, 0.3) is 10.1 Å². The number of phenols is 1. The van der Waals surface area contributed by atoms with Gasteiger partial charge < -0.3 is 5.11 Å². The van der Waals surface area contributed by atoms with Gasteiger partial charge in [0.25, 0.3) is 0 Å². The van der Waals surface area contributed by atoms with Gasteiger partial charge in [-0.25, -0.2) is 0 Å². The van der Waals surface area contributed by atoms with Crippen molar-refractivity contribution in [2.24, 2.45) is 0 Å². The van der Waals surface area contributed by atoms with Crippen LogP contribution in [0.2, 0.25) is 0 Å². The Hall–Kier alpha value is -0.0600. The standard InChI is InChI=1S/C8H4Br2OS/c9-6-5(11)3-4-1-2-12-8(4)7(6)10/h1-3,11H. The van der Waals surface area contributed by atoms with Crippen molar-refractivity contribution in [3.63, 3.8) is 0 Å². The van der Waals surface area contributed by atoms with Crippen molar-refractivity contribution in [2.75, 3.05) is 0 Å². The third-order valence-electron chi connectivity index (χ3n) is 1.60. The quantitative estimate of drug-likeness (QED) is 0.776. The van der Waals surface area contributed by atoms with E-state index in [4.69, 9.17) is 0 Å². The fraction of sp³-hybridized carbons (Fsp3) is 0. The number of aromatic hydroxyl groups is 1. The van der Waals surface area contributed by atoms with Crippen molar-refractivity contribution in [3.05, 3.63) is 26.5 Å². The minimum atomic E-state index is 0.271. The van der Waals surface area contributed by atoms with Crippen molar-refractivity contribution in [3.8, 4) is 5.75 Å². The number of phenolic OH excluding ortho intramolecular Hbond substituents is 1.